The van der Waals surface area contributed by atoms with E-state index in [-0.39, 0.29) is 0 Å². The normalized spacial score (nSPS) is 15.7. The van der Waals surface area contributed by atoms with Crippen molar-refractivity contribution in [1.82, 2.24) is 0 Å². The average Bonchev–Trinajstić information content (AvgIpc) is 2.20. The highest BCUT2D eigenvalue weighted by atomic mass is 127. The number of carbonyl (C=O) groups is 1. The summed E-state index contributed by atoms with van der Waals surface area (Å²) in [6, 6.07) is 1.85. The van der Waals surface area contributed by atoms with Crippen molar-refractivity contribution >= 4 is 28.6 Å². The van der Waals surface area contributed by atoms with Crippen LogP contribution in [0.3, 0.4) is 0 Å². The third kappa shape index (κ3) is 2.21. The molecule has 0 radical (unpaired) electrons. The minimum Gasteiger partial charge on any atom is -0.478 e. The van der Waals surface area contributed by atoms with Gasteiger partial charge < -0.3 is 5.11 Å². The molecular weight excluding hydrogens is 327 g/mol. The zero-order chi connectivity index (χ0) is 12.6. The minimum atomic E-state index is -0.803. The van der Waals surface area contributed by atoms with Crippen LogP contribution in [0.1, 0.15) is 59.2 Å². The van der Waals surface area contributed by atoms with Crippen molar-refractivity contribution in [3.05, 3.63) is 31.9 Å². The lowest BCUT2D eigenvalue weighted by atomic mass is 9.77. The summed E-state index contributed by atoms with van der Waals surface area (Å²) in [5.41, 5.74) is 4.11. The molecule has 92 valence electrons. The fourth-order valence-corrected chi connectivity index (χ4v) is 3.84. The first-order valence-corrected chi connectivity index (χ1v) is 7.19. The quantitative estimate of drug-likeness (QED) is 0.838. The van der Waals surface area contributed by atoms with Crippen molar-refractivity contribution in [2.75, 3.05) is 0 Å². The summed E-state index contributed by atoms with van der Waals surface area (Å²) in [6.45, 7) is 4.12. The number of hydrogen-bond donors (Lipinski definition) is 1. The van der Waals surface area contributed by atoms with Gasteiger partial charge in [0.25, 0.3) is 0 Å². The second-order valence-electron chi connectivity index (χ2n) is 4.71. The lowest BCUT2D eigenvalue weighted by Crippen LogP contribution is -2.15. The van der Waals surface area contributed by atoms with Gasteiger partial charge in [-0.05, 0) is 77.5 Å². The van der Waals surface area contributed by atoms with Gasteiger partial charge in [0.05, 0.1) is 5.56 Å². The van der Waals surface area contributed by atoms with Gasteiger partial charge in [-0.15, -0.1) is 0 Å². The first-order valence-electron chi connectivity index (χ1n) is 6.11. The Bertz CT molecular complexity index is 462. The third-order valence-corrected chi connectivity index (χ3v) is 4.70. The number of hydrogen-bond acceptors (Lipinski definition) is 1. The number of benzene rings is 1. The molecule has 0 spiro atoms. The van der Waals surface area contributed by atoms with Crippen molar-refractivity contribution < 1.29 is 9.90 Å². The highest BCUT2D eigenvalue weighted by molar-refractivity contribution is 14.1. The van der Waals surface area contributed by atoms with Crippen molar-refractivity contribution in [2.24, 2.45) is 0 Å². The number of carboxylic acids is 1. The fourth-order valence-electron chi connectivity index (χ4n) is 2.68. The Kier molecular flexibility index (Phi) is 3.76. The molecule has 1 aliphatic rings. The molecule has 3 heteroatoms. The van der Waals surface area contributed by atoms with Gasteiger partial charge in [0, 0.05) is 3.57 Å². The van der Waals surface area contributed by atoms with E-state index in [1.807, 2.05) is 13.0 Å². The molecule has 0 unspecified atom stereocenters. The summed E-state index contributed by atoms with van der Waals surface area (Å²) in [4.78, 5) is 11.2. The molecule has 0 aromatic heterocycles. The van der Waals surface area contributed by atoms with Crippen LogP contribution in [0.4, 0.5) is 0 Å². The Morgan fingerprint density at radius 1 is 1.53 bits per heavy atom. The van der Waals surface area contributed by atoms with E-state index in [0.717, 1.165) is 15.6 Å². The van der Waals surface area contributed by atoms with Gasteiger partial charge in [-0.1, -0.05) is 13.3 Å². The Labute approximate surface area is 116 Å². The topological polar surface area (TPSA) is 37.3 Å². The lowest BCUT2D eigenvalue weighted by Gasteiger charge is -2.30. The number of aromatic carboxylic acids is 1. The Morgan fingerprint density at radius 2 is 2.18 bits per heavy atom. The molecule has 1 fully saturated rings. The van der Waals surface area contributed by atoms with Gasteiger partial charge in [0.2, 0.25) is 0 Å². The Morgan fingerprint density at radius 3 is 2.59 bits per heavy atom. The van der Waals surface area contributed by atoms with Crippen LogP contribution < -0.4 is 0 Å². The molecule has 2 rings (SSSR count). The van der Waals surface area contributed by atoms with Gasteiger partial charge in [-0.25, -0.2) is 4.79 Å². The van der Waals surface area contributed by atoms with Crippen molar-refractivity contribution in [3.8, 4) is 0 Å². The van der Waals surface area contributed by atoms with Crippen molar-refractivity contribution in [2.45, 2.75) is 45.4 Å². The molecule has 1 aromatic rings. The third-order valence-electron chi connectivity index (χ3n) is 3.81. The molecule has 1 saturated carbocycles. The van der Waals surface area contributed by atoms with Crippen LogP contribution in [-0.2, 0) is 6.42 Å². The summed E-state index contributed by atoms with van der Waals surface area (Å²) >= 11 is 2.29. The van der Waals surface area contributed by atoms with Crippen LogP contribution in [0, 0.1) is 10.5 Å². The SMILES string of the molecule is CCc1c(C(=O)O)cc(I)c(C2CCC2)c1C. The van der Waals surface area contributed by atoms with Crippen LogP contribution in [0.25, 0.3) is 0 Å². The van der Waals surface area contributed by atoms with E-state index in [1.165, 1.54) is 30.4 Å². The molecule has 0 aliphatic heterocycles. The fraction of sp³-hybridized carbons (Fsp3) is 0.500. The van der Waals surface area contributed by atoms with E-state index < -0.39 is 5.97 Å². The van der Waals surface area contributed by atoms with Gasteiger partial charge in [0.1, 0.15) is 0 Å². The molecule has 2 nitrogen and oxygen atoms in total. The highest BCUT2D eigenvalue weighted by Gasteiger charge is 2.26. The molecular formula is C14H17IO2. The van der Waals surface area contributed by atoms with Crippen LogP contribution in [0.15, 0.2) is 6.07 Å². The van der Waals surface area contributed by atoms with Crippen LogP contribution in [-0.4, -0.2) is 11.1 Å². The maximum absolute atomic E-state index is 11.2. The predicted octanol–water partition coefficient (Wildman–Crippen LogP) is 4.13. The van der Waals surface area contributed by atoms with Crippen molar-refractivity contribution in [3.63, 3.8) is 0 Å². The van der Waals surface area contributed by atoms with E-state index in [2.05, 4.69) is 29.5 Å². The lowest BCUT2D eigenvalue weighted by molar-refractivity contribution is 0.0695. The molecule has 0 bridgehead atoms. The average molecular weight is 344 g/mol. The van der Waals surface area contributed by atoms with E-state index in [4.69, 9.17) is 0 Å². The zero-order valence-corrected chi connectivity index (χ0v) is 12.4. The second kappa shape index (κ2) is 4.96. The Balaban J connectivity index is 2.58. The Hall–Kier alpha value is -0.580. The molecule has 17 heavy (non-hydrogen) atoms. The summed E-state index contributed by atoms with van der Waals surface area (Å²) in [5, 5.41) is 9.24. The molecule has 0 saturated heterocycles. The van der Waals surface area contributed by atoms with Crippen LogP contribution >= 0.6 is 22.6 Å². The summed E-state index contributed by atoms with van der Waals surface area (Å²) in [5.74, 6) is -0.141. The minimum absolute atomic E-state index is 0.484. The van der Waals surface area contributed by atoms with Gasteiger partial charge >= 0.3 is 5.97 Å². The van der Waals surface area contributed by atoms with Gasteiger partial charge in [-0.2, -0.15) is 0 Å². The first-order chi connectivity index (χ1) is 8.06. The maximum Gasteiger partial charge on any atom is 0.336 e. The molecule has 0 amide bonds. The summed E-state index contributed by atoms with van der Waals surface area (Å²) in [6.07, 6.45) is 4.62. The largest absolute Gasteiger partial charge is 0.478 e. The van der Waals surface area contributed by atoms with Crippen LogP contribution in [0.5, 0.6) is 0 Å². The molecule has 1 N–H and O–H groups in total. The zero-order valence-electron chi connectivity index (χ0n) is 10.2. The predicted molar refractivity (Wildman–Crippen MR) is 76.8 cm³/mol. The van der Waals surface area contributed by atoms with Crippen molar-refractivity contribution in [1.29, 1.82) is 0 Å². The molecule has 1 aromatic carbocycles. The van der Waals surface area contributed by atoms with E-state index in [0.29, 0.717) is 11.5 Å². The standard InChI is InChI=1S/C14H17IO2/c1-3-10-8(2)13(9-5-4-6-9)12(15)7-11(10)14(16)17/h7,9H,3-6H2,1-2H3,(H,16,17). The molecule has 0 atom stereocenters. The summed E-state index contributed by atoms with van der Waals surface area (Å²) < 4.78 is 1.12. The monoisotopic (exact) mass is 344 g/mol. The molecule has 0 heterocycles. The number of halogens is 1. The first kappa shape index (κ1) is 12.9. The van der Waals surface area contributed by atoms with E-state index >= 15 is 0 Å². The van der Waals surface area contributed by atoms with Gasteiger partial charge in [0.15, 0.2) is 0 Å². The second-order valence-corrected chi connectivity index (χ2v) is 5.87. The number of rotatable bonds is 3. The van der Waals surface area contributed by atoms with E-state index in [9.17, 15) is 9.90 Å². The van der Waals surface area contributed by atoms with Gasteiger partial charge in [-0.3, -0.25) is 0 Å². The molecule has 1 aliphatic carbocycles. The summed E-state index contributed by atoms with van der Waals surface area (Å²) in [7, 11) is 0. The maximum atomic E-state index is 11.2. The smallest absolute Gasteiger partial charge is 0.336 e. The number of carboxylic acid groups (broad SMARTS) is 1. The van der Waals surface area contributed by atoms with Crippen LogP contribution in [0.2, 0.25) is 0 Å². The highest BCUT2D eigenvalue weighted by Crippen LogP contribution is 2.41. The van der Waals surface area contributed by atoms with E-state index in [1.54, 1.807) is 0 Å².